The van der Waals surface area contributed by atoms with E-state index < -0.39 is 6.04 Å². The third-order valence-corrected chi connectivity index (χ3v) is 13.6. The van der Waals surface area contributed by atoms with E-state index in [2.05, 4.69) is 39.9 Å². The summed E-state index contributed by atoms with van der Waals surface area (Å²) in [4.78, 5) is 40.4. The van der Waals surface area contributed by atoms with E-state index in [4.69, 9.17) is 9.47 Å². The van der Waals surface area contributed by atoms with Gasteiger partial charge in [-0.3, -0.25) is 9.59 Å². The van der Waals surface area contributed by atoms with Crippen molar-refractivity contribution in [2.75, 3.05) is 13.2 Å². The topological polar surface area (TPSA) is 81.7 Å². The summed E-state index contributed by atoms with van der Waals surface area (Å²) < 4.78 is 12.0. The van der Waals surface area contributed by atoms with Gasteiger partial charge in [-0.25, -0.2) is 4.79 Å². The van der Waals surface area contributed by atoms with Crippen LogP contribution in [0.15, 0.2) is 0 Å². The number of ether oxygens (including phenoxy) is 2. The summed E-state index contributed by atoms with van der Waals surface area (Å²) in [6, 6.07) is -0.822. The first kappa shape index (κ1) is 61.4. The first-order valence-corrected chi connectivity index (χ1v) is 28.5. The van der Waals surface area contributed by atoms with Gasteiger partial charge in [-0.15, -0.1) is 0 Å². The maximum atomic E-state index is 13.8. The van der Waals surface area contributed by atoms with Crippen molar-refractivity contribution in [2.45, 2.75) is 323 Å². The molecular formula is C57H111NO5. The van der Waals surface area contributed by atoms with Gasteiger partial charge in [0.15, 0.2) is 0 Å². The molecule has 0 spiro atoms. The van der Waals surface area contributed by atoms with Crippen molar-refractivity contribution in [1.82, 2.24) is 5.32 Å². The van der Waals surface area contributed by atoms with Gasteiger partial charge < -0.3 is 14.8 Å². The Kier molecular flexibility index (Phi) is 48.6. The second-order valence-corrected chi connectivity index (χ2v) is 19.9. The molecule has 374 valence electrons. The van der Waals surface area contributed by atoms with Gasteiger partial charge in [0.05, 0.1) is 13.2 Å². The summed E-state index contributed by atoms with van der Waals surface area (Å²) in [6.45, 7) is 12.2. The molecule has 0 saturated heterocycles. The number of nitrogens with one attached hydrogen (secondary N) is 1. The van der Waals surface area contributed by atoms with Crippen LogP contribution in [0.2, 0.25) is 0 Å². The van der Waals surface area contributed by atoms with Crippen LogP contribution in [0.25, 0.3) is 0 Å². The highest BCUT2D eigenvalue weighted by molar-refractivity contribution is 5.85. The van der Waals surface area contributed by atoms with Crippen molar-refractivity contribution in [1.29, 1.82) is 0 Å². The number of esters is 2. The molecule has 63 heavy (non-hydrogen) atoms. The molecule has 0 aliphatic carbocycles. The lowest BCUT2D eigenvalue weighted by Crippen LogP contribution is -2.42. The highest BCUT2D eigenvalue weighted by Crippen LogP contribution is 2.23. The first-order valence-electron chi connectivity index (χ1n) is 28.5. The highest BCUT2D eigenvalue weighted by Gasteiger charge is 2.25. The number of carbonyl (C=O) groups excluding carboxylic acids is 3. The van der Waals surface area contributed by atoms with E-state index >= 15 is 0 Å². The van der Waals surface area contributed by atoms with Gasteiger partial charge >= 0.3 is 11.9 Å². The number of rotatable bonds is 51. The molecule has 0 rings (SSSR count). The smallest absolute Gasteiger partial charge is 0.328 e. The van der Waals surface area contributed by atoms with E-state index in [9.17, 15) is 14.4 Å². The zero-order valence-electron chi connectivity index (χ0n) is 43.3. The van der Waals surface area contributed by atoms with Crippen molar-refractivity contribution in [3.05, 3.63) is 0 Å². The molecule has 0 fully saturated rings. The number of unbranched alkanes of at least 4 members (excludes halogenated alkanes) is 32. The molecule has 0 radical (unpaired) electrons. The molecule has 0 aromatic carbocycles. The molecule has 1 N–H and O–H groups in total. The maximum Gasteiger partial charge on any atom is 0.328 e. The number of carbonyl (C=O) groups is 3. The monoisotopic (exact) mass is 890 g/mol. The molecule has 6 nitrogen and oxygen atoms in total. The van der Waals surface area contributed by atoms with Crippen molar-refractivity contribution in [2.24, 2.45) is 11.8 Å². The molecule has 0 aliphatic heterocycles. The van der Waals surface area contributed by atoms with E-state index in [-0.39, 0.29) is 30.7 Å². The zero-order chi connectivity index (χ0) is 46.1. The molecular weight excluding hydrogens is 779 g/mol. The lowest BCUT2D eigenvalue weighted by Gasteiger charge is -2.21. The normalized spacial score (nSPS) is 12.9. The van der Waals surface area contributed by atoms with Gasteiger partial charge in [0, 0.05) is 12.8 Å². The Morgan fingerprint density at radius 1 is 0.333 bits per heavy atom. The van der Waals surface area contributed by atoms with Gasteiger partial charge in [0.25, 0.3) is 0 Å². The fourth-order valence-corrected chi connectivity index (χ4v) is 9.14. The average Bonchev–Trinajstić information content (AvgIpc) is 3.28. The summed E-state index contributed by atoms with van der Waals surface area (Å²) in [5, 5.41) is 3.02. The quantitative estimate of drug-likeness (QED) is 0.0486. The Bertz CT molecular complexity index is 970. The van der Waals surface area contributed by atoms with E-state index in [0.29, 0.717) is 31.5 Å². The third-order valence-electron chi connectivity index (χ3n) is 13.6. The predicted octanol–water partition coefficient (Wildman–Crippen LogP) is 18.1. The molecule has 0 aromatic heterocycles. The molecule has 3 atom stereocenters. The van der Waals surface area contributed by atoms with E-state index in [1.54, 1.807) is 0 Å². The summed E-state index contributed by atoms with van der Waals surface area (Å²) in [5.41, 5.74) is 0. The van der Waals surface area contributed by atoms with Gasteiger partial charge in [-0.2, -0.15) is 0 Å². The molecule has 0 saturated carbocycles. The molecule has 0 bridgehead atoms. The second-order valence-electron chi connectivity index (χ2n) is 19.9. The van der Waals surface area contributed by atoms with E-state index in [1.807, 2.05) is 0 Å². The number of hydrogen-bond donors (Lipinski definition) is 1. The van der Waals surface area contributed by atoms with Crippen LogP contribution in [0.3, 0.4) is 0 Å². The summed E-state index contributed by atoms with van der Waals surface area (Å²) in [5.74, 6) is -0.0294. The minimum atomic E-state index is -0.822. The molecule has 6 heteroatoms. The van der Waals surface area contributed by atoms with Crippen LogP contribution in [0.1, 0.15) is 317 Å². The first-order chi connectivity index (χ1) is 30.9. The van der Waals surface area contributed by atoms with Crippen LogP contribution in [0.5, 0.6) is 0 Å². The van der Waals surface area contributed by atoms with Gasteiger partial charge in [0.2, 0.25) is 5.91 Å². The van der Waals surface area contributed by atoms with E-state index in [1.165, 1.54) is 218 Å². The fraction of sp³-hybridized carbons (Fsp3) is 0.947. The Morgan fingerprint density at radius 2 is 0.619 bits per heavy atom. The SMILES string of the molecule is CCCCCCCCCCCC(=O)N[C@@H](CCC(=O)OC[C@@H](CCCCCCCC)CCCCCCCCCC)C(=O)OC[C@H](CCCCCCCC)CCCCCCCCCC. The largest absolute Gasteiger partial charge is 0.465 e. The standard InChI is InChI=1S/C57H111NO5/c1-6-11-16-21-26-29-32-37-42-47-55(59)58-54(57(61)63-51-53(45-39-34-25-20-15-10-5)46-41-36-31-28-23-18-13-8-3)48-49-56(60)62-50-52(43-38-33-24-19-14-9-4)44-40-35-30-27-22-17-12-7-2/h52-54H,6-51H2,1-5H3,(H,58,59)/t52-,53+,54-/m0/s1. The second kappa shape index (κ2) is 49.8. The van der Waals surface area contributed by atoms with Crippen LogP contribution < -0.4 is 5.32 Å². The average molecular weight is 891 g/mol. The van der Waals surface area contributed by atoms with Crippen LogP contribution in [-0.4, -0.2) is 37.1 Å². The Labute approximate surface area is 393 Å². The summed E-state index contributed by atoms with van der Waals surface area (Å²) >= 11 is 0. The molecule has 0 aromatic rings. The summed E-state index contributed by atoms with van der Waals surface area (Å²) in [6.07, 6.45) is 51.8. The lowest BCUT2D eigenvalue weighted by atomic mass is 9.94. The minimum absolute atomic E-state index is 0.110. The maximum absolute atomic E-state index is 13.8. The third kappa shape index (κ3) is 44.0. The Morgan fingerprint density at radius 3 is 0.952 bits per heavy atom. The van der Waals surface area contributed by atoms with Crippen LogP contribution in [-0.2, 0) is 23.9 Å². The van der Waals surface area contributed by atoms with E-state index in [0.717, 1.165) is 44.9 Å². The minimum Gasteiger partial charge on any atom is -0.465 e. The van der Waals surface area contributed by atoms with Gasteiger partial charge in [-0.1, -0.05) is 266 Å². The van der Waals surface area contributed by atoms with Gasteiger partial charge in [-0.05, 0) is 50.4 Å². The number of hydrogen-bond acceptors (Lipinski definition) is 5. The fourth-order valence-electron chi connectivity index (χ4n) is 9.14. The van der Waals surface area contributed by atoms with Gasteiger partial charge in [0.1, 0.15) is 6.04 Å². The highest BCUT2D eigenvalue weighted by atomic mass is 16.5. The lowest BCUT2D eigenvalue weighted by molar-refractivity contribution is -0.150. The number of amides is 1. The Balaban J connectivity index is 5.41. The summed E-state index contributed by atoms with van der Waals surface area (Å²) in [7, 11) is 0. The van der Waals surface area contributed by atoms with Crippen molar-refractivity contribution in [3.8, 4) is 0 Å². The Hall–Kier alpha value is -1.59. The van der Waals surface area contributed by atoms with Crippen LogP contribution >= 0.6 is 0 Å². The van der Waals surface area contributed by atoms with Crippen LogP contribution in [0, 0.1) is 11.8 Å². The predicted molar refractivity (Wildman–Crippen MR) is 272 cm³/mol. The molecule has 0 aliphatic rings. The van der Waals surface area contributed by atoms with Crippen molar-refractivity contribution >= 4 is 17.8 Å². The van der Waals surface area contributed by atoms with Crippen LogP contribution in [0.4, 0.5) is 0 Å². The molecule has 1 amide bonds. The zero-order valence-corrected chi connectivity index (χ0v) is 43.3. The van der Waals surface area contributed by atoms with Crippen molar-refractivity contribution in [3.63, 3.8) is 0 Å². The molecule has 0 heterocycles. The molecule has 0 unspecified atom stereocenters. The van der Waals surface area contributed by atoms with Crippen molar-refractivity contribution < 1.29 is 23.9 Å².